The maximum atomic E-state index is 10.8. The van der Waals surface area contributed by atoms with Gasteiger partial charge in [0.15, 0.2) is 0 Å². The third kappa shape index (κ3) is 1.93. The maximum Gasteiger partial charge on any atom is 0.330 e. The number of hydrogen-bond donors (Lipinski definition) is 0. The van der Waals surface area contributed by atoms with Crippen LogP contribution in [0.3, 0.4) is 0 Å². The second kappa shape index (κ2) is 3.88. The van der Waals surface area contributed by atoms with Gasteiger partial charge in [0, 0.05) is 20.1 Å². The van der Waals surface area contributed by atoms with Gasteiger partial charge >= 0.3 is 5.69 Å². The normalized spacial score (nSPS) is 16.7. The molecule has 0 aliphatic carbocycles. The minimum atomic E-state index is -0.364. The molecule has 15 heavy (non-hydrogen) atoms. The molecule has 2 rings (SSSR count). The van der Waals surface area contributed by atoms with E-state index >= 15 is 0 Å². The largest absolute Gasteiger partial charge is 0.349 e. The summed E-state index contributed by atoms with van der Waals surface area (Å²) in [4.78, 5) is 12.4. The standard InChI is InChI=1S/C9H14N4O2/c1-11-7-8(13(14)15)9(10-11)12-5-3-2-4-6-12/h7H,2-6H2,1H3. The molecule has 6 nitrogen and oxygen atoms in total. The Balaban J connectivity index is 2.28. The first kappa shape index (κ1) is 9.95. The van der Waals surface area contributed by atoms with Gasteiger partial charge in [-0.05, 0) is 19.3 Å². The first-order valence-corrected chi connectivity index (χ1v) is 5.11. The number of nitro groups is 1. The molecule has 0 aromatic carbocycles. The molecule has 0 unspecified atom stereocenters. The second-order valence-electron chi connectivity index (χ2n) is 3.82. The summed E-state index contributed by atoms with van der Waals surface area (Å²) in [5.41, 5.74) is 0.111. The van der Waals surface area contributed by atoms with Crippen molar-refractivity contribution < 1.29 is 4.92 Å². The molecule has 0 radical (unpaired) electrons. The second-order valence-corrected chi connectivity index (χ2v) is 3.82. The highest BCUT2D eigenvalue weighted by atomic mass is 16.6. The zero-order valence-electron chi connectivity index (χ0n) is 8.72. The van der Waals surface area contributed by atoms with Crippen LogP contribution in [-0.2, 0) is 7.05 Å². The smallest absolute Gasteiger partial charge is 0.330 e. The maximum absolute atomic E-state index is 10.8. The number of aromatic nitrogens is 2. The van der Waals surface area contributed by atoms with Crippen molar-refractivity contribution in [3.05, 3.63) is 16.3 Å². The molecule has 1 aromatic heterocycles. The highest BCUT2D eigenvalue weighted by molar-refractivity contribution is 5.56. The molecule has 0 spiro atoms. The average Bonchev–Trinajstić information content (AvgIpc) is 2.62. The van der Waals surface area contributed by atoms with Crippen molar-refractivity contribution in [3.8, 4) is 0 Å². The lowest BCUT2D eigenvalue weighted by Gasteiger charge is -2.25. The first-order valence-electron chi connectivity index (χ1n) is 5.11. The molecule has 1 aliphatic heterocycles. The molecule has 6 heteroatoms. The van der Waals surface area contributed by atoms with Gasteiger partial charge in [-0.1, -0.05) is 0 Å². The van der Waals surface area contributed by atoms with E-state index < -0.39 is 0 Å². The van der Waals surface area contributed by atoms with E-state index in [1.807, 2.05) is 4.90 Å². The van der Waals surface area contributed by atoms with E-state index in [2.05, 4.69) is 5.10 Å². The third-order valence-corrected chi connectivity index (χ3v) is 2.64. The van der Waals surface area contributed by atoms with Gasteiger partial charge < -0.3 is 4.90 Å². The van der Waals surface area contributed by atoms with Crippen LogP contribution in [0.5, 0.6) is 0 Å². The molecule has 0 saturated carbocycles. The van der Waals surface area contributed by atoms with Crippen molar-refractivity contribution >= 4 is 11.5 Å². The van der Waals surface area contributed by atoms with E-state index in [-0.39, 0.29) is 10.6 Å². The van der Waals surface area contributed by atoms with E-state index in [4.69, 9.17) is 0 Å². The SMILES string of the molecule is Cn1cc([N+](=O)[O-])c(N2CCCCC2)n1. The van der Waals surface area contributed by atoms with Crippen molar-refractivity contribution in [2.45, 2.75) is 19.3 Å². The topological polar surface area (TPSA) is 64.2 Å². The summed E-state index contributed by atoms with van der Waals surface area (Å²) in [6, 6.07) is 0. The lowest BCUT2D eigenvalue weighted by Crippen LogP contribution is -2.30. The predicted molar refractivity (Wildman–Crippen MR) is 55.9 cm³/mol. The molecule has 2 heterocycles. The number of aryl methyl sites for hydroxylation is 1. The van der Waals surface area contributed by atoms with Crippen molar-refractivity contribution in [1.29, 1.82) is 0 Å². The summed E-state index contributed by atoms with van der Waals surface area (Å²) in [6.07, 6.45) is 4.85. The van der Waals surface area contributed by atoms with Crippen molar-refractivity contribution in [2.24, 2.45) is 7.05 Å². The summed E-state index contributed by atoms with van der Waals surface area (Å²) in [5, 5.41) is 15.0. The predicted octanol–water partition coefficient (Wildman–Crippen LogP) is 1.32. The van der Waals surface area contributed by atoms with Crippen LogP contribution >= 0.6 is 0 Å². The molecule has 0 N–H and O–H groups in total. The summed E-state index contributed by atoms with van der Waals surface area (Å²) >= 11 is 0. The van der Waals surface area contributed by atoms with Crippen molar-refractivity contribution in [2.75, 3.05) is 18.0 Å². The Morgan fingerprint density at radius 3 is 2.67 bits per heavy atom. The number of nitrogens with zero attached hydrogens (tertiary/aromatic N) is 4. The third-order valence-electron chi connectivity index (χ3n) is 2.64. The van der Waals surface area contributed by atoms with Gasteiger partial charge in [-0.2, -0.15) is 0 Å². The fourth-order valence-electron chi connectivity index (χ4n) is 1.92. The van der Waals surface area contributed by atoms with Crippen LogP contribution < -0.4 is 4.90 Å². The Kier molecular flexibility index (Phi) is 2.57. The van der Waals surface area contributed by atoms with Crippen LogP contribution in [0.1, 0.15) is 19.3 Å². The number of hydrogen-bond acceptors (Lipinski definition) is 4. The summed E-state index contributed by atoms with van der Waals surface area (Å²) in [5.74, 6) is 0.516. The molecule has 82 valence electrons. The molecule has 1 fully saturated rings. The molecular weight excluding hydrogens is 196 g/mol. The van der Waals surface area contributed by atoms with Crippen molar-refractivity contribution in [3.63, 3.8) is 0 Å². The van der Waals surface area contributed by atoms with Crippen LogP contribution in [0.2, 0.25) is 0 Å². The van der Waals surface area contributed by atoms with Crippen LogP contribution in [0.4, 0.5) is 11.5 Å². The van der Waals surface area contributed by atoms with E-state index in [1.165, 1.54) is 17.3 Å². The van der Waals surface area contributed by atoms with E-state index in [0.717, 1.165) is 25.9 Å². The first-order chi connectivity index (χ1) is 7.18. The van der Waals surface area contributed by atoms with Crippen LogP contribution in [0.25, 0.3) is 0 Å². The van der Waals surface area contributed by atoms with Crippen LogP contribution in [0.15, 0.2) is 6.20 Å². The number of anilines is 1. The molecule has 0 atom stereocenters. The zero-order chi connectivity index (χ0) is 10.8. The van der Waals surface area contributed by atoms with Gasteiger partial charge in [-0.3, -0.25) is 14.8 Å². The van der Waals surface area contributed by atoms with E-state index in [1.54, 1.807) is 7.05 Å². The summed E-state index contributed by atoms with van der Waals surface area (Å²) < 4.78 is 1.50. The Labute approximate surface area is 87.6 Å². The number of piperidine rings is 1. The Morgan fingerprint density at radius 2 is 2.07 bits per heavy atom. The van der Waals surface area contributed by atoms with Gasteiger partial charge in [0.1, 0.15) is 6.20 Å². The molecule has 1 saturated heterocycles. The van der Waals surface area contributed by atoms with Crippen molar-refractivity contribution in [1.82, 2.24) is 9.78 Å². The lowest BCUT2D eigenvalue weighted by atomic mass is 10.1. The summed E-state index contributed by atoms with van der Waals surface area (Å²) in [7, 11) is 1.71. The lowest BCUT2D eigenvalue weighted by molar-refractivity contribution is -0.384. The van der Waals surface area contributed by atoms with Crippen LogP contribution in [-0.4, -0.2) is 27.8 Å². The monoisotopic (exact) mass is 210 g/mol. The van der Waals surface area contributed by atoms with Gasteiger partial charge in [0.05, 0.1) is 4.92 Å². The van der Waals surface area contributed by atoms with E-state index in [0.29, 0.717) is 5.82 Å². The Bertz CT molecular complexity index is 368. The fourth-order valence-corrected chi connectivity index (χ4v) is 1.92. The van der Waals surface area contributed by atoms with Gasteiger partial charge in [-0.15, -0.1) is 5.10 Å². The quantitative estimate of drug-likeness (QED) is 0.545. The minimum absolute atomic E-state index is 0.111. The van der Waals surface area contributed by atoms with Gasteiger partial charge in [0.2, 0.25) is 5.82 Å². The minimum Gasteiger partial charge on any atom is -0.349 e. The molecule has 0 bridgehead atoms. The van der Waals surface area contributed by atoms with Gasteiger partial charge in [0.25, 0.3) is 0 Å². The Morgan fingerprint density at radius 1 is 1.40 bits per heavy atom. The average molecular weight is 210 g/mol. The highest BCUT2D eigenvalue weighted by Crippen LogP contribution is 2.27. The zero-order valence-corrected chi connectivity index (χ0v) is 8.72. The fraction of sp³-hybridized carbons (Fsp3) is 0.667. The summed E-state index contributed by atoms with van der Waals surface area (Å²) in [6.45, 7) is 1.75. The number of rotatable bonds is 2. The highest BCUT2D eigenvalue weighted by Gasteiger charge is 2.24. The Hall–Kier alpha value is -1.59. The molecule has 0 amide bonds. The molecule has 1 aliphatic rings. The van der Waals surface area contributed by atoms with Crippen LogP contribution in [0, 0.1) is 10.1 Å². The van der Waals surface area contributed by atoms with E-state index in [9.17, 15) is 10.1 Å². The molecule has 1 aromatic rings. The molecular formula is C9H14N4O2. The van der Waals surface area contributed by atoms with Gasteiger partial charge in [-0.25, -0.2) is 0 Å².